The third-order valence-electron chi connectivity index (χ3n) is 4.19. The number of carbonyl (C=O) groups is 2. The van der Waals surface area contributed by atoms with Crippen LogP contribution in [-0.2, 0) is 14.8 Å². The highest BCUT2D eigenvalue weighted by Crippen LogP contribution is 2.30. The summed E-state index contributed by atoms with van der Waals surface area (Å²) in [6.45, 7) is 7.63. The van der Waals surface area contributed by atoms with Crippen molar-refractivity contribution in [2.24, 2.45) is 5.92 Å². The van der Waals surface area contributed by atoms with Gasteiger partial charge in [-0.25, -0.2) is 13.2 Å². The molecule has 1 aliphatic rings. The van der Waals surface area contributed by atoms with Gasteiger partial charge in [0, 0.05) is 32.6 Å². The lowest BCUT2D eigenvalue weighted by Crippen LogP contribution is -2.50. The van der Waals surface area contributed by atoms with E-state index in [0.29, 0.717) is 19.5 Å². The zero-order valence-electron chi connectivity index (χ0n) is 14.9. The van der Waals surface area contributed by atoms with Crippen molar-refractivity contribution < 1.29 is 27.5 Å². The van der Waals surface area contributed by atoms with E-state index in [1.165, 1.54) is 18.2 Å². The van der Waals surface area contributed by atoms with E-state index in [2.05, 4.69) is 0 Å². The predicted octanol–water partition coefficient (Wildman–Crippen LogP) is 1.47. The molecule has 1 amide bonds. The second-order valence-electron chi connectivity index (χ2n) is 6.61. The molecule has 0 radical (unpaired) electrons. The molecule has 1 aliphatic heterocycles. The Labute approximate surface area is 147 Å². The molecule has 1 aromatic heterocycles. The van der Waals surface area contributed by atoms with Gasteiger partial charge in [-0.1, -0.05) is 13.8 Å². The Bertz CT molecular complexity index is 773. The standard InChI is InChI=1S/C16H24N2O6S/c1-10(2)9-13(19)17-5-7-18(8-6-17)25(22,23)15-12(4)24-11(3)14(15)16(20)21/h10H,5-9H2,1-4H3,(H,20,21). The smallest absolute Gasteiger partial charge is 0.340 e. The molecule has 8 nitrogen and oxygen atoms in total. The molecule has 0 spiro atoms. The van der Waals surface area contributed by atoms with Gasteiger partial charge in [-0.2, -0.15) is 4.31 Å². The number of carboxylic acid groups (broad SMARTS) is 1. The molecular formula is C16H24N2O6S. The maximum absolute atomic E-state index is 12.9. The number of carboxylic acids is 1. The number of furan rings is 1. The lowest BCUT2D eigenvalue weighted by molar-refractivity contribution is -0.133. The van der Waals surface area contributed by atoms with Crippen molar-refractivity contribution in [3.63, 3.8) is 0 Å². The molecule has 9 heteroatoms. The largest absolute Gasteiger partial charge is 0.478 e. The Kier molecular flexibility index (Phi) is 5.58. The number of hydrogen-bond acceptors (Lipinski definition) is 5. The third-order valence-corrected chi connectivity index (χ3v) is 6.24. The summed E-state index contributed by atoms with van der Waals surface area (Å²) in [5, 5.41) is 9.32. The normalized spacial score (nSPS) is 16.4. The molecule has 140 valence electrons. The summed E-state index contributed by atoms with van der Waals surface area (Å²) in [6, 6.07) is 0. The highest BCUT2D eigenvalue weighted by molar-refractivity contribution is 7.89. The molecule has 1 fully saturated rings. The first-order chi connectivity index (χ1) is 11.6. The van der Waals surface area contributed by atoms with Crippen LogP contribution in [0.2, 0.25) is 0 Å². The van der Waals surface area contributed by atoms with Crippen LogP contribution in [0.3, 0.4) is 0 Å². The van der Waals surface area contributed by atoms with E-state index >= 15 is 0 Å². The average Bonchev–Trinajstić information content (AvgIpc) is 2.82. The molecule has 0 unspecified atom stereocenters. The van der Waals surface area contributed by atoms with Crippen LogP contribution in [0.4, 0.5) is 0 Å². The van der Waals surface area contributed by atoms with Crippen molar-refractivity contribution in [2.45, 2.75) is 39.0 Å². The maximum Gasteiger partial charge on any atom is 0.340 e. The van der Waals surface area contributed by atoms with Crippen LogP contribution in [-0.4, -0.2) is 60.8 Å². The van der Waals surface area contributed by atoms with Gasteiger partial charge in [0.05, 0.1) is 0 Å². The first kappa shape index (κ1) is 19.5. The fraction of sp³-hybridized carbons (Fsp3) is 0.625. The second-order valence-corrected chi connectivity index (χ2v) is 8.48. The Morgan fingerprint density at radius 3 is 2.16 bits per heavy atom. The minimum atomic E-state index is -4.00. The van der Waals surface area contributed by atoms with Gasteiger partial charge < -0.3 is 14.4 Å². The van der Waals surface area contributed by atoms with Crippen molar-refractivity contribution in [2.75, 3.05) is 26.2 Å². The first-order valence-corrected chi connectivity index (χ1v) is 9.61. The summed E-state index contributed by atoms with van der Waals surface area (Å²) < 4.78 is 32.3. The van der Waals surface area contributed by atoms with Gasteiger partial charge in [-0.05, 0) is 19.8 Å². The van der Waals surface area contributed by atoms with E-state index in [9.17, 15) is 23.1 Å². The quantitative estimate of drug-likeness (QED) is 0.838. The predicted molar refractivity (Wildman–Crippen MR) is 89.9 cm³/mol. The van der Waals surface area contributed by atoms with Crippen LogP contribution in [0.1, 0.15) is 42.1 Å². The molecule has 1 saturated heterocycles. The summed E-state index contributed by atoms with van der Waals surface area (Å²) in [5.41, 5.74) is -0.323. The van der Waals surface area contributed by atoms with E-state index < -0.39 is 16.0 Å². The maximum atomic E-state index is 12.9. The highest BCUT2D eigenvalue weighted by Gasteiger charge is 2.37. The van der Waals surface area contributed by atoms with Crippen molar-refractivity contribution in [1.29, 1.82) is 0 Å². The molecular weight excluding hydrogens is 348 g/mol. The van der Waals surface area contributed by atoms with Gasteiger partial charge in [0.2, 0.25) is 15.9 Å². The number of nitrogens with zero attached hydrogens (tertiary/aromatic N) is 2. The lowest BCUT2D eigenvalue weighted by atomic mass is 10.1. The average molecular weight is 372 g/mol. The lowest BCUT2D eigenvalue weighted by Gasteiger charge is -2.34. The van der Waals surface area contributed by atoms with Crippen molar-refractivity contribution >= 4 is 21.9 Å². The van der Waals surface area contributed by atoms with E-state index in [1.54, 1.807) is 4.90 Å². The Balaban J connectivity index is 2.21. The SMILES string of the molecule is Cc1oc(C)c(S(=O)(=O)N2CCN(C(=O)CC(C)C)CC2)c1C(=O)O. The van der Waals surface area contributed by atoms with E-state index in [4.69, 9.17) is 4.42 Å². The summed E-state index contributed by atoms with van der Waals surface area (Å²) in [7, 11) is -4.00. The number of piperazine rings is 1. The van der Waals surface area contributed by atoms with E-state index in [1.807, 2.05) is 13.8 Å². The molecule has 2 heterocycles. The number of amides is 1. The first-order valence-electron chi connectivity index (χ1n) is 8.17. The van der Waals surface area contributed by atoms with Gasteiger partial charge in [0.1, 0.15) is 22.0 Å². The number of aryl methyl sites for hydroxylation is 2. The highest BCUT2D eigenvalue weighted by atomic mass is 32.2. The summed E-state index contributed by atoms with van der Waals surface area (Å²) in [6.07, 6.45) is 0.427. The summed E-state index contributed by atoms with van der Waals surface area (Å²) in [5.74, 6) is -0.959. The summed E-state index contributed by atoms with van der Waals surface area (Å²) >= 11 is 0. The molecule has 0 aliphatic carbocycles. The van der Waals surface area contributed by atoms with Gasteiger partial charge >= 0.3 is 5.97 Å². The molecule has 0 aromatic carbocycles. The molecule has 2 rings (SSSR count). The number of hydrogen-bond donors (Lipinski definition) is 1. The van der Waals surface area contributed by atoms with E-state index in [0.717, 1.165) is 0 Å². The molecule has 1 N–H and O–H groups in total. The number of aromatic carboxylic acids is 1. The second kappa shape index (κ2) is 7.17. The van der Waals surface area contributed by atoms with Crippen LogP contribution in [0.5, 0.6) is 0 Å². The number of carbonyl (C=O) groups excluding carboxylic acids is 1. The van der Waals surface area contributed by atoms with Crippen molar-refractivity contribution in [1.82, 2.24) is 9.21 Å². The minimum absolute atomic E-state index is 0.00797. The minimum Gasteiger partial charge on any atom is -0.478 e. The number of sulfonamides is 1. The monoisotopic (exact) mass is 372 g/mol. The van der Waals surface area contributed by atoms with Crippen LogP contribution in [0, 0.1) is 19.8 Å². The van der Waals surface area contributed by atoms with Crippen LogP contribution in [0.25, 0.3) is 0 Å². The molecule has 0 bridgehead atoms. The molecule has 0 atom stereocenters. The summed E-state index contributed by atoms with van der Waals surface area (Å²) in [4.78, 5) is 24.9. The Morgan fingerprint density at radius 2 is 1.68 bits per heavy atom. The molecule has 1 aromatic rings. The van der Waals surface area contributed by atoms with Gasteiger partial charge in [-0.15, -0.1) is 0 Å². The third kappa shape index (κ3) is 3.87. The fourth-order valence-corrected chi connectivity index (χ4v) is 4.80. The Hall–Kier alpha value is -1.87. The van der Waals surface area contributed by atoms with Crippen LogP contribution < -0.4 is 0 Å². The fourth-order valence-electron chi connectivity index (χ4n) is 3.01. The van der Waals surface area contributed by atoms with Crippen LogP contribution >= 0.6 is 0 Å². The van der Waals surface area contributed by atoms with Crippen molar-refractivity contribution in [3.05, 3.63) is 17.1 Å². The van der Waals surface area contributed by atoms with Gasteiger partial charge in [0.15, 0.2) is 0 Å². The van der Waals surface area contributed by atoms with Gasteiger partial charge in [-0.3, -0.25) is 4.79 Å². The topological polar surface area (TPSA) is 108 Å². The zero-order valence-corrected chi connectivity index (χ0v) is 15.7. The van der Waals surface area contributed by atoms with Gasteiger partial charge in [0.25, 0.3) is 0 Å². The molecule has 0 saturated carbocycles. The zero-order chi connectivity index (χ0) is 18.9. The Morgan fingerprint density at radius 1 is 1.12 bits per heavy atom. The molecule has 25 heavy (non-hydrogen) atoms. The van der Waals surface area contributed by atoms with E-state index in [-0.39, 0.29) is 46.9 Å². The van der Waals surface area contributed by atoms with Crippen LogP contribution in [0.15, 0.2) is 9.31 Å². The number of rotatable bonds is 5. The van der Waals surface area contributed by atoms with Crippen molar-refractivity contribution in [3.8, 4) is 0 Å².